The quantitative estimate of drug-likeness (QED) is 0.346. The summed E-state index contributed by atoms with van der Waals surface area (Å²) in [6, 6.07) is 7.73. The number of anilines is 1. The third-order valence-corrected chi connectivity index (χ3v) is 8.85. The van der Waals surface area contributed by atoms with Crippen LogP contribution in [0.1, 0.15) is 25.1 Å². The van der Waals surface area contributed by atoms with Crippen molar-refractivity contribution in [2.45, 2.75) is 52.9 Å². The molecular formula is C23H32N8O2S3. The van der Waals surface area contributed by atoms with Crippen molar-refractivity contribution in [1.82, 2.24) is 34.3 Å². The lowest BCUT2D eigenvalue weighted by Crippen LogP contribution is -2.54. The van der Waals surface area contributed by atoms with Crippen LogP contribution in [0, 0.1) is 6.92 Å². The van der Waals surface area contributed by atoms with Gasteiger partial charge in [-0.2, -0.15) is 4.37 Å². The number of thioether (sulfide) groups is 2. The summed E-state index contributed by atoms with van der Waals surface area (Å²) in [5.41, 5.74) is 0. The van der Waals surface area contributed by atoms with Crippen molar-refractivity contribution in [3.63, 3.8) is 0 Å². The van der Waals surface area contributed by atoms with Crippen molar-refractivity contribution in [2.24, 2.45) is 7.05 Å². The van der Waals surface area contributed by atoms with Gasteiger partial charge >= 0.3 is 0 Å². The fraction of sp³-hybridized carbons (Fsp3) is 0.522. The number of hydrogen-bond acceptors (Lipinski definition) is 11. The van der Waals surface area contributed by atoms with Gasteiger partial charge in [-0.25, -0.2) is 4.98 Å². The van der Waals surface area contributed by atoms with Gasteiger partial charge in [0.15, 0.2) is 5.16 Å². The van der Waals surface area contributed by atoms with E-state index in [1.807, 2.05) is 30.7 Å². The highest BCUT2D eigenvalue weighted by atomic mass is 32.2. The van der Waals surface area contributed by atoms with E-state index in [4.69, 9.17) is 4.74 Å². The highest BCUT2D eigenvalue weighted by Gasteiger charge is 2.36. The average Bonchev–Trinajstić information content (AvgIpc) is 3.45. The predicted octanol–water partition coefficient (Wildman–Crippen LogP) is 3.28. The molecule has 2 aromatic heterocycles. The molecule has 1 saturated heterocycles. The molecule has 0 aliphatic carbocycles. The van der Waals surface area contributed by atoms with Crippen LogP contribution in [0.3, 0.4) is 0 Å². The van der Waals surface area contributed by atoms with Gasteiger partial charge < -0.3 is 14.2 Å². The molecule has 3 atom stereocenters. The van der Waals surface area contributed by atoms with E-state index in [-0.39, 0.29) is 16.5 Å². The molecule has 13 heteroatoms. The van der Waals surface area contributed by atoms with E-state index in [0.29, 0.717) is 17.6 Å². The maximum Gasteiger partial charge on any atom is 0.244 e. The number of hydrogen-bond donors (Lipinski definition) is 2. The minimum atomic E-state index is -0.402. The van der Waals surface area contributed by atoms with Gasteiger partial charge in [0, 0.05) is 35.3 Å². The van der Waals surface area contributed by atoms with E-state index in [1.165, 1.54) is 11.5 Å². The normalized spacial score (nSPS) is 20.0. The van der Waals surface area contributed by atoms with Gasteiger partial charge in [0.1, 0.15) is 23.9 Å². The first-order valence-corrected chi connectivity index (χ1v) is 14.3. The molecule has 1 aliphatic heterocycles. The Labute approximate surface area is 224 Å². The maximum absolute atomic E-state index is 13.3. The zero-order chi connectivity index (χ0) is 25.5. The fourth-order valence-electron chi connectivity index (χ4n) is 3.74. The summed E-state index contributed by atoms with van der Waals surface area (Å²) in [6.45, 7) is 3.50. The lowest BCUT2D eigenvalue weighted by molar-refractivity contribution is -0.118. The van der Waals surface area contributed by atoms with E-state index in [2.05, 4.69) is 61.3 Å². The van der Waals surface area contributed by atoms with Gasteiger partial charge in [-0.1, -0.05) is 11.8 Å². The van der Waals surface area contributed by atoms with Gasteiger partial charge in [-0.3, -0.25) is 15.4 Å². The van der Waals surface area contributed by atoms with Crippen molar-refractivity contribution in [2.75, 3.05) is 32.6 Å². The number of benzene rings is 1. The Morgan fingerprint density at radius 3 is 2.75 bits per heavy atom. The zero-order valence-corrected chi connectivity index (χ0v) is 23.3. The molecule has 1 aliphatic rings. The Bertz CT molecular complexity index is 1120. The number of carbonyl (C=O) groups is 1. The molecule has 3 heterocycles. The number of aryl methyl sites for hydroxylation is 2. The number of amides is 1. The van der Waals surface area contributed by atoms with Crippen LogP contribution in [0.15, 0.2) is 40.6 Å². The smallest absolute Gasteiger partial charge is 0.244 e. The van der Waals surface area contributed by atoms with E-state index >= 15 is 0 Å². The van der Waals surface area contributed by atoms with Crippen molar-refractivity contribution < 1.29 is 9.53 Å². The summed E-state index contributed by atoms with van der Waals surface area (Å²) < 4.78 is 11.9. The molecule has 3 aromatic rings. The van der Waals surface area contributed by atoms with Gasteiger partial charge in [0.2, 0.25) is 11.0 Å². The third-order valence-electron chi connectivity index (χ3n) is 5.54. The van der Waals surface area contributed by atoms with E-state index < -0.39 is 6.04 Å². The zero-order valence-electron chi connectivity index (χ0n) is 20.9. The molecule has 194 valence electrons. The summed E-state index contributed by atoms with van der Waals surface area (Å²) in [5.74, 6) is 1.41. The Hall–Kier alpha value is -2.19. The molecular weight excluding hydrogens is 517 g/mol. The Kier molecular flexibility index (Phi) is 9.60. The monoisotopic (exact) mass is 548 g/mol. The molecule has 36 heavy (non-hydrogen) atoms. The van der Waals surface area contributed by atoms with Gasteiger partial charge in [-0.15, -0.1) is 22.0 Å². The standard InChI is InChI=1S/C23H32N8O2S3/c1-15-25-22(36-29-15)27-21(32)20-18(10-11-19(26-20)35-23-28-24-14-31(23)4)34-17-8-6-16(7-9-17)33-13-5-12-30(2)3/h6-9,14,18-20,26H,5,10-13H2,1-4H3,(H,25,27,29,32). The van der Waals surface area contributed by atoms with Crippen LogP contribution in [0.5, 0.6) is 5.75 Å². The lowest BCUT2D eigenvalue weighted by Gasteiger charge is -2.35. The van der Waals surface area contributed by atoms with Crippen molar-refractivity contribution in [3.8, 4) is 5.75 Å². The summed E-state index contributed by atoms with van der Waals surface area (Å²) in [4.78, 5) is 20.9. The van der Waals surface area contributed by atoms with Crippen LogP contribution in [-0.4, -0.2) is 78.8 Å². The number of aromatic nitrogens is 5. The Morgan fingerprint density at radius 2 is 2.08 bits per heavy atom. The van der Waals surface area contributed by atoms with Crippen molar-refractivity contribution >= 4 is 46.1 Å². The number of carbonyl (C=O) groups excluding carboxylic acids is 1. The van der Waals surface area contributed by atoms with Crippen LogP contribution >= 0.6 is 35.1 Å². The van der Waals surface area contributed by atoms with E-state index in [1.54, 1.807) is 29.9 Å². The molecule has 1 aromatic carbocycles. The molecule has 0 saturated carbocycles. The largest absolute Gasteiger partial charge is 0.494 e. The van der Waals surface area contributed by atoms with Gasteiger partial charge in [0.05, 0.1) is 12.0 Å². The minimum absolute atomic E-state index is 0.0506. The van der Waals surface area contributed by atoms with Crippen molar-refractivity contribution in [3.05, 3.63) is 36.4 Å². The van der Waals surface area contributed by atoms with Crippen LogP contribution in [0.4, 0.5) is 5.13 Å². The SMILES string of the molecule is Cc1nsc(NC(=O)C2NC(Sc3nncn3C)CCC2Sc2ccc(OCCCN(C)C)cc2)n1. The first-order valence-electron chi connectivity index (χ1n) is 11.8. The molecule has 10 nitrogen and oxygen atoms in total. The lowest BCUT2D eigenvalue weighted by atomic mass is 10.0. The second-order valence-corrected chi connectivity index (χ2v) is 12.1. The summed E-state index contributed by atoms with van der Waals surface area (Å²) in [5, 5.41) is 16.1. The van der Waals surface area contributed by atoms with Gasteiger partial charge in [-0.05, 0) is 64.5 Å². The molecule has 0 spiro atoms. The van der Waals surface area contributed by atoms with Gasteiger partial charge in [0.25, 0.3) is 0 Å². The number of nitrogens with zero attached hydrogens (tertiary/aromatic N) is 6. The maximum atomic E-state index is 13.3. The van der Waals surface area contributed by atoms with Crippen LogP contribution in [0.2, 0.25) is 0 Å². The first-order chi connectivity index (χ1) is 17.4. The first kappa shape index (κ1) is 26.9. The summed E-state index contributed by atoms with van der Waals surface area (Å²) in [6.07, 6.45) is 4.45. The van der Waals surface area contributed by atoms with Crippen LogP contribution in [0.25, 0.3) is 0 Å². The number of rotatable bonds is 11. The number of ether oxygens (including phenoxy) is 1. The molecule has 0 bridgehead atoms. The minimum Gasteiger partial charge on any atom is -0.494 e. The second-order valence-electron chi connectivity index (χ2n) is 8.82. The molecule has 3 unspecified atom stereocenters. The van der Waals surface area contributed by atoms with Crippen LogP contribution in [-0.2, 0) is 11.8 Å². The summed E-state index contributed by atoms with van der Waals surface area (Å²) in [7, 11) is 6.04. The third kappa shape index (κ3) is 7.65. The molecule has 1 fully saturated rings. The van der Waals surface area contributed by atoms with E-state index in [9.17, 15) is 4.79 Å². The second kappa shape index (κ2) is 12.9. The Balaban J connectivity index is 1.40. The summed E-state index contributed by atoms with van der Waals surface area (Å²) >= 11 is 4.50. The molecule has 2 N–H and O–H groups in total. The van der Waals surface area contributed by atoms with Crippen LogP contribution < -0.4 is 15.4 Å². The highest BCUT2D eigenvalue weighted by Crippen LogP contribution is 2.36. The van der Waals surface area contributed by atoms with E-state index in [0.717, 1.165) is 41.6 Å². The molecule has 0 radical (unpaired) electrons. The number of piperidine rings is 1. The average molecular weight is 549 g/mol. The fourth-order valence-corrected chi connectivity index (χ4v) is 6.58. The predicted molar refractivity (Wildman–Crippen MR) is 145 cm³/mol. The number of nitrogens with one attached hydrogen (secondary N) is 2. The Morgan fingerprint density at radius 1 is 1.28 bits per heavy atom. The molecule has 4 rings (SSSR count). The molecule has 1 amide bonds. The topological polar surface area (TPSA) is 110 Å². The van der Waals surface area contributed by atoms with Crippen molar-refractivity contribution in [1.29, 1.82) is 0 Å². The highest BCUT2D eigenvalue weighted by molar-refractivity contribution is 8.00.